The quantitative estimate of drug-likeness (QED) is 0.901. The SMILES string of the molecule is COc1ccc(-c2cnn(C)c2N)c(OC)c1C. The molecule has 2 N–H and O–H groups in total. The summed E-state index contributed by atoms with van der Waals surface area (Å²) in [5, 5.41) is 4.15. The monoisotopic (exact) mass is 247 g/mol. The minimum absolute atomic E-state index is 0.609. The lowest BCUT2D eigenvalue weighted by atomic mass is 10.0. The summed E-state index contributed by atoms with van der Waals surface area (Å²) in [6.07, 6.45) is 1.74. The second kappa shape index (κ2) is 4.60. The highest BCUT2D eigenvalue weighted by Gasteiger charge is 2.16. The molecule has 5 nitrogen and oxygen atoms in total. The van der Waals surface area contributed by atoms with Gasteiger partial charge in [0.05, 0.1) is 20.4 Å². The number of nitrogens with zero attached hydrogens (tertiary/aromatic N) is 2. The minimum Gasteiger partial charge on any atom is -0.496 e. The van der Waals surface area contributed by atoms with Gasteiger partial charge in [-0.25, -0.2) is 0 Å². The summed E-state index contributed by atoms with van der Waals surface area (Å²) in [6, 6.07) is 3.83. The van der Waals surface area contributed by atoms with E-state index in [2.05, 4.69) is 5.10 Å². The van der Waals surface area contributed by atoms with Crippen LogP contribution in [0.1, 0.15) is 5.56 Å². The number of aromatic nitrogens is 2. The van der Waals surface area contributed by atoms with Gasteiger partial charge in [-0.2, -0.15) is 5.10 Å². The van der Waals surface area contributed by atoms with E-state index >= 15 is 0 Å². The van der Waals surface area contributed by atoms with E-state index in [1.807, 2.05) is 26.1 Å². The Kier molecular flexibility index (Phi) is 3.14. The van der Waals surface area contributed by atoms with Crippen molar-refractivity contribution in [2.75, 3.05) is 20.0 Å². The molecule has 0 amide bonds. The predicted octanol–water partition coefficient (Wildman–Crippen LogP) is 1.99. The number of anilines is 1. The topological polar surface area (TPSA) is 62.3 Å². The Hall–Kier alpha value is -2.17. The zero-order chi connectivity index (χ0) is 13.3. The van der Waals surface area contributed by atoms with E-state index in [1.54, 1.807) is 25.1 Å². The first-order valence-electron chi connectivity index (χ1n) is 5.59. The highest BCUT2D eigenvalue weighted by Crippen LogP contribution is 2.39. The fourth-order valence-corrected chi connectivity index (χ4v) is 2.02. The van der Waals surface area contributed by atoms with Crippen LogP contribution in [0.15, 0.2) is 18.3 Å². The molecule has 0 bridgehead atoms. The Morgan fingerprint density at radius 1 is 1.17 bits per heavy atom. The highest BCUT2D eigenvalue weighted by molar-refractivity contribution is 5.80. The van der Waals surface area contributed by atoms with Gasteiger partial charge in [-0.05, 0) is 19.1 Å². The number of aryl methyl sites for hydroxylation is 1. The Morgan fingerprint density at radius 3 is 2.39 bits per heavy atom. The van der Waals surface area contributed by atoms with Crippen LogP contribution in [0.2, 0.25) is 0 Å². The number of hydrogen-bond acceptors (Lipinski definition) is 4. The van der Waals surface area contributed by atoms with E-state index in [4.69, 9.17) is 15.2 Å². The molecule has 5 heteroatoms. The van der Waals surface area contributed by atoms with Crippen LogP contribution in [0.5, 0.6) is 11.5 Å². The van der Waals surface area contributed by atoms with E-state index in [0.717, 1.165) is 28.2 Å². The molecular formula is C13H17N3O2. The van der Waals surface area contributed by atoms with Crippen molar-refractivity contribution < 1.29 is 9.47 Å². The third kappa shape index (κ3) is 1.77. The van der Waals surface area contributed by atoms with Gasteiger partial charge in [-0.1, -0.05) is 0 Å². The molecule has 0 aliphatic rings. The molecule has 0 aliphatic carbocycles. The molecule has 0 aliphatic heterocycles. The first-order valence-corrected chi connectivity index (χ1v) is 5.59. The van der Waals surface area contributed by atoms with Gasteiger partial charge in [-0.15, -0.1) is 0 Å². The molecule has 0 atom stereocenters. The summed E-state index contributed by atoms with van der Waals surface area (Å²) in [5.74, 6) is 2.16. The van der Waals surface area contributed by atoms with E-state index in [-0.39, 0.29) is 0 Å². The first-order chi connectivity index (χ1) is 8.60. The minimum atomic E-state index is 0.609. The van der Waals surface area contributed by atoms with E-state index in [1.165, 1.54) is 0 Å². The van der Waals surface area contributed by atoms with Crippen molar-refractivity contribution in [1.29, 1.82) is 0 Å². The van der Waals surface area contributed by atoms with Crippen molar-refractivity contribution in [3.8, 4) is 22.6 Å². The second-order valence-corrected chi connectivity index (χ2v) is 4.04. The Balaban J connectivity index is 2.65. The third-order valence-electron chi connectivity index (χ3n) is 3.06. The number of rotatable bonds is 3. The standard InChI is InChI=1S/C13H17N3O2/c1-8-11(17-3)6-5-9(12(8)18-4)10-7-15-16(2)13(10)14/h5-7H,14H2,1-4H3. The number of methoxy groups -OCH3 is 2. The van der Waals surface area contributed by atoms with Crippen molar-refractivity contribution in [3.05, 3.63) is 23.9 Å². The van der Waals surface area contributed by atoms with Crippen LogP contribution in [0, 0.1) is 6.92 Å². The third-order valence-corrected chi connectivity index (χ3v) is 3.06. The van der Waals surface area contributed by atoms with Crippen molar-refractivity contribution in [1.82, 2.24) is 9.78 Å². The maximum atomic E-state index is 5.99. The van der Waals surface area contributed by atoms with Gasteiger partial charge in [0.1, 0.15) is 17.3 Å². The van der Waals surface area contributed by atoms with Crippen molar-refractivity contribution in [3.63, 3.8) is 0 Å². The second-order valence-electron chi connectivity index (χ2n) is 4.04. The molecule has 0 saturated carbocycles. The van der Waals surface area contributed by atoms with E-state index in [0.29, 0.717) is 5.82 Å². The number of nitrogen functional groups attached to an aromatic ring is 1. The lowest BCUT2D eigenvalue weighted by molar-refractivity contribution is 0.390. The summed E-state index contributed by atoms with van der Waals surface area (Å²) >= 11 is 0. The number of nitrogens with two attached hydrogens (primary N) is 1. The van der Waals surface area contributed by atoms with Gasteiger partial charge in [0.25, 0.3) is 0 Å². The Bertz CT molecular complexity index is 576. The van der Waals surface area contributed by atoms with Crippen LogP contribution in [-0.4, -0.2) is 24.0 Å². The average Bonchev–Trinajstić information content (AvgIpc) is 2.69. The smallest absolute Gasteiger partial charge is 0.133 e. The summed E-state index contributed by atoms with van der Waals surface area (Å²) in [7, 11) is 5.08. The molecular weight excluding hydrogens is 230 g/mol. The summed E-state index contributed by atoms with van der Waals surface area (Å²) < 4.78 is 12.4. The van der Waals surface area contributed by atoms with E-state index < -0.39 is 0 Å². The Labute approximate surface area is 106 Å². The van der Waals surface area contributed by atoms with Crippen LogP contribution in [0.4, 0.5) is 5.82 Å². The van der Waals surface area contributed by atoms with Gasteiger partial charge in [-0.3, -0.25) is 4.68 Å². The van der Waals surface area contributed by atoms with Gasteiger partial charge >= 0.3 is 0 Å². The lowest BCUT2D eigenvalue weighted by Crippen LogP contribution is -1.99. The van der Waals surface area contributed by atoms with Crippen LogP contribution >= 0.6 is 0 Å². The van der Waals surface area contributed by atoms with Gasteiger partial charge in [0, 0.05) is 23.7 Å². The number of benzene rings is 1. The molecule has 2 aromatic rings. The molecule has 2 rings (SSSR count). The zero-order valence-electron chi connectivity index (χ0n) is 11.0. The predicted molar refractivity (Wildman–Crippen MR) is 70.9 cm³/mol. The molecule has 1 heterocycles. The summed E-state index contributed by atoms with van der Waals surface area (Å²) in [6.45, 7) is 1.95. The zero-order valence-corrected chi connectivity index (χ0v) is 11.0. The maximum Gasteiger partial charge on any atom is 0.133 e. The van der Waals surface area contributed by atoms with Crippen molar-refractivity contribution >= 4 is 5.82 Å². The van der Waals surface area contributed by atoms with Gasteiger partial charge in [0.2, 0.25) is 0 Å². The van der Waals surface area contributed by atoms with Crippen LogP contribution in [0.25, 0.3) is 11.1 Å². The summed E-state index contributed by atoms with van der Waals surface area (Å²) in [4.78, 5) is 0. The fraction of sp³-hybridized carbons (Fsp3) is 0.308. The normalized spacial score (nSPS) is 10.4. The molecule has 18 heavy (non-hydrogen) atoms. The van der Waals surface area contributed by atoms with Crippen LogP contribution < -0.4 is 15.2 Å². The van der Waals surface area contributed by atoms with Crippen molar-refractivity contribution in [2.24, 2.45) is 7.05 Å². The molecule has 0 fully saturated rings. The highest BCUT2D eigenvalue weighted by atomic mass is 16.5. The van der Waals surface area contributed by atoms with E-state index in [9.17, 15) is 0 Å². The summed E-state index contributed by atoms with van der Waals surface area (Å²) in [5.41, 5.74) is 8.72. The van der Waals surface area contributed by atoms with Crippen LogP contribution in [-0.2, 0) is 7.05 Å². The first kappa shape index (κ1) is 12.3. The molecule has 0 spiro atoms. The van der Waals surface area contributed by atoms with Crippen molar-refractivity contribution in [2.45, 2.75) is 6.92 Å². The molecule has 0 unspecified atom stereocenters. The molecule has 96 valence electrons. The largest absolute Gasteiger partial charge is 0.496 e. The van der Waals surface area contributed by atoms with Crippen LogP contribution in [0.3, 0.4) is 0 Å². The Morgan fingerprint density at radius 2 is 1.89 bits per heavy atom. The molecule has 1 aromatic carbocycles. The number of ether oxygens (including phenoxy) is 2. The lowest BCUT2D eigenvalue weighted by Gasteiger charge is -2.14. The average molecular weight is 247 g/mol. The molecule has 1 aromatic heterocycles. The fourth-order valence-electron chi connectivity index (χ4n) is 2.02. The maximum absolute atomic E-state index is 5.99. The molecule has 0 radical (unpaired) electrons. The van der Waals surface area contributed by atoms with Gasteiger partial charge in [0.15, 0.2) is 0 Å². The number of hydrogen-bond donors (Lipinski definition) is 1. The van der Waals surface area contributed by atoms with Gasteiger partial charge < -0.3 is 15.2 Å². The molecule has 0 saturated heterocycles.